The Labute approximate surface area is 248 Å². The molecule has 0 aromatic heterocycles. The van der Waals surface area contributed by atoms with E-state index in [-0.39, 0.29) is 29.2 Å². The third kappa shape index (κ3) is 8.56. The molecule has 0 aliphatic heterocycles. The lowest BCUT2D eigenvalue weighted by Gasteiger charge is -2.29. The van der Waals surface area contributed by atoms with Crippen LogP contribution in [0.25, 0.3) is 0 Å². The molecule has 2 N–H and O–H groups in total. The van der Waals surface area contributed by atoms with Crippen LogP contribution < -0.4 is 19.5 Å². The normalized spacial score (nSPS) is 13.7. The van der Waals surface area contributed by atoms with Crippen molar-refractivity contribution in [1.29, 1.82) is 0 Å². The van der Waals surface area contributed by atoms with Gasteiger partial charge in [-0.15, -0.1) is 0 Å². The first-order valence-electron chi connectivity index (χ1n) is 14.1. The molecule has 42 heavy (non-hydrogen) atoms. The Morgan fingerprint density at radius 2 is 1.55 bits per heavy atom. The predicted octanol–water partition coefficient (Wildman–Crippen LogP) is 3.85. The van der Waals surface area contributed by atoms with E-state index < -0.39 is 16.1 Å². The van der Waals surface area contributed by atoms with Crippen molar-refractivity contribution in [1.82, 2.24) is 14.9 Å². The Hall–Kier alpha value is -3.89. The molecule has 0 unspecified atom stereocenters. The van der Waals surface area contributed by atoms with E-state index in [1.165, 1.54) is 0 Å². The number of carbonyl (C=O) groups excluding carboxylic acids is 2. The van der Waals surface area contributed by atoms with Crippen LogP contribution in [0, 0.1) is 0 Å². The standard InChI is InChI=1S/C32H39N3O6S/c1-23(32(37)33-20-19-25-11-17-29(40-2)30(21-25)41-3)35(22-26-7-5-4-6-8-26)31(36)18-12-24-9-15-28(16-10-24)42(38,39)34-27-13-14-27/h4-11,15-17,21,23,27,34H,12-14,18-20,22H2,1-3H3,(H,33,37)/t23-/m1/s1. The Balaban J connectivity index is 1.37. The number of nitrogens with one attached hydrogen (secondary N) is 2. The SMILES string of the molecule is COc1ccc(CCNC(=O)[C@@H](C)N(Cc2ccccc2)C(=O)CCc2ccc(S(=O)(=O)NC3CC3)cc2)cc1OC. The highest BCUT2D eigenvalue weighted by atomic mass is 32.2. The lowest BCUT2D eigenvalue weighted by atomic mass is 10.1. The van der Waals surface area contributed by atoms with Gasteiger partial charge in [0, 0.05) is 25.6 Å². The predicted molar refractivity (Wildman–Crippen MR) is 161 cm³/mol. The highest BCUT2D eigenvalue weighted by molar-refractivity contribution is 7.89. The number of carbonyl (C=O) groups is 2. The maximum atomic E-state index is 13.5. The topological polar surface area (TPSA) is 114 Å². The summed E-state index contributed by atoms with van der Waals surface area (Å²) in [5.74, 6) is 0.868. The third-order valence-electron chi connectivity index (χ3n) is 7.28. The van der Waals surface area contributed by atoms with Crippen LogP contribution in [-0.2, 0) is 39.0 Å². The largest absolute Gasteiger partial charge is 0.493 e. The number of aryl methyl sites for hydroxylation is 1. The Bertz CT molecular complexity index is 1460. The van der Waals surface area contributed by atoms with Gasteiger partial charge >= 0.3 is 0 Å². The summed E-state index contributed by atoms with van der Waals surface area (Å²) in [4.78, 5) is 28.4. The zero-order chi connectivity index (χ0) is 30.1. The van der Waals surface area contributed by atoms with E-state index in [1.54, 1.807) is 50.3 Å². The Kier molecular flexibility index (Phi) is 10.6. The van der Waals surface area contributed by atoms with Gasteiger partial charge in [0.25, 0.3) is 0 Å². The highest BCUT2D eigenvalue weighted by Crippen LogP contribution is 2.27. The van der Waals surface area contributed by atoms with Crippen molar-refractivity contribution in [2.75, 3.05) is 20.8 Å². The van der Waals surface area contributed by atoms with Gasteiger partial charge in [0.2, 0.25) is 21.8 Å². The molecule has 3 aromatic rings. The number of sulfonamides is 1. The molecule has 10 heteroatoms. The Morgan fingerprint density at radius 1 is 0.881 bits per heavy atom. The molecule has 224 valence electrons. The minimum Gasteiger partial charge on any atom is -0.493 e. The fourth-order valence-corrected chi connectivity index (χ4v) is 5.90. The molecule has 0 heterocycles. The molecular weight excluding hydrogens is 554 g/mol. The number of hydrogen-bond donors (Lipinski definition) is 2. The van der Waals surface area contributed by atoms with Crippen LogP contribution in [0.1, 0.15) is 42.9 Å². The summed E-state index contributed by atoms with van der Waals surface area (Å²) in [6, 6.07) is 21.2. The van der Waals surface area contributed by atoms with Crippen molar-refractivity contribution in [3.05, 3.63) is 89.5 Å². The molecule has 0 saturated heterocycles. The average Bonchev–Trinajstić information content (AvgIpc) is 3.82. The van der Waals surface area contributed by atoms with Crippen LogP contribution in [0.5, 0.6) is 11.5 Å². The summed E-state index contributed by atoms with van der Waals surface area (Å²) in [5, 5.41) is 2.96. The lowest BCUT2D eigenvalue weighted by molar-refractivity contribution is -0.140. The van der Waals surface area contributed by atoms with Gasteiger partial charge in [0.05, 0.1) is 19.1 Å². The first-order chi connectivity index (χ1) is 20.2. The van der Waals surface area contributed by atoms with Gasteiger partial charge in [-0.05, 0) is 73.6 Å². The average molecular weight is 594 g/mol. The monoisotopic (exact) mass is 593 g/mol. The third-order valence-corrected chi connectivity index (χ3v) is 8.82. The molecule has 2 amide bonds. The van der Waals surface area contributed by atoms with E-state index in [0.29, 0.717) is 37.4 Å². The molecule has 1 aliphatic carbocycles. The first-order valence-corrected chi connectivity index (χ1v) is 15.6. The van der Waals surface area contributed by atoms with Crippen LogP contribution in [0.2, 0.25) is 0 Å². The van der Waals surface area contributed by atoms with Gasteiger partial charge in [0.15, 0.2) is 11.5 Å². The summed E-state index contributed by atoms with van der Waals surface area (Å²) < 4.78 is 38.2. The van der Waals surface area contributed by atoms with Crippen molar-refractivity contribution in [2.24, 2.45) is 0 Å². The summed E-state index contributed by atoms with van der Waals surface area (Å²) in [6.07, 6.45) is 2.94. The van der Waals surface area contributed by atoms with Gasteiger partial charge in [0.1, 0.15) is 6.04 Å². The lowest BCUT2D eigenvalue weighted by Crippen LogP contribution is -2.48. The van der Waals surface area contributed by atoms with Crippen molar-refractivity contribution in [3.63, 3.8) is 0 Å². The van der Waals surface area contributed by atoms with Crippen molar-refractivity contribution < 1.29 is 27.5 Å². The maximum absolute atomic E-state index is 13.5. The summed E-state index contributed by atoms with van der Waals surface area (Å²) >= 11 is 0. The number of nitrogens with zero attached hydrogens (tertiary/aromatic N) is 1. The molecule has 0 spiro atoms. The highest BCUT2D eigenvalue weighted by Gasteiger charge is 2.28. The quantitative estimate of drug-likeness (QED) is 0.277. The van der Waals surface area contributed by atoms with Crippen molar-refractivity contribution >= 4 is 21.8 Å². The van der Waals surface area contributed by atoms with Gasteiger partial charge in [-0.25, -0.2) is 13.1 Å². The number of hydrogen-bond acceptors (Lipinski definition) is 6. The second-order valence-corrected chi connectivity index (χ2v) is 12.2. The molecular formula is C32H39N3O6S. The molecule has 4 rings (SSSR count). The number of rotatable bonds is 15. The van der Waals surface area contributed by atoms with Crippen LogP contribution in [-0.4, -0.2) is 58.0 Å². The van der Waals surface area contributed by atoms with E-state index >= 15 is 0 Å². The molecule has 1 fully saturated rings. The van der Waals surface area contributed by atoms with Gasteiger partial charge < -0.3 is 19.7 Å². The smallest absolute Gasteiger partial charge is 0.242 e. The van der Waals surface area contributed by atoms with Crippen LogP contribution in [0.3, 0.4) is 0 Å². The van der Waals surface area contributed by atoms with Gasteiger partial charge in [-0.3, -0.25) is 9.59 Å². The molecule has 0 bridgehead atoms. The van der Waals surface area contributed by atoms with Crippen molar-refractivity contribution in [3.8, 4) is 11.5 Å². The Morgan fingerprint density at radius 3 is 2.19 bits per heavy atom. The maximum Gasteiger partial charge on any atom is 0.242 e. The van der Waals surface area contributed by atoms with E-state index in [9.17, 15) is 18.0 Å². The molecule has 1 saturated carbocycles. The summed E-state index contributed by atoms with van der Waals surface area (Å²) in [7, 11) is -0.366. The van der Waals surface area contributed by atoms with Crippen LogP contribution in [0.15, 0.2) is 77.7 Å². The minimum absolute atomic E-state index is 0.0352. The number of amides is 2. The zero-order valence-electron chi connectivity index (χ0n) is 24.3. The van der Waals surface area contributed by atoms with Crippen LogP contribution in [0.4, 0.5) is 0 Å². The van der Waals surface area contributed by atoms with E-state index in [4.69, 9.17) is 9.47 Å². The van der Waals surface area contributed by atoms with Gasteiger partial charge in [-0.1, -0.05) is 48.5 Å². The number of ether oxygens (including phenoxy) is 2. The molecule has 1 atom stereocenters. The molecule has 1 aliphatic rings. The van der Waals surface area contributed by atoms with Gasteiger partial charge in [-0.2, -0.15) is 0 Å². The molecule has 9 nitrogen and oxygen atoms in total. The van der Waals surface area contributed by atoms with E-state index in [2.05, 4.69) is 10.0 Å². The van der Waals surface area contributed by atoms with Crippen LogP contribution >= 0.6 is 0 Å². The second kappa shape index (κ2) is 14.3. The van der Waals surface area contributed by atoms with E-state index in [0.717, 1.165) is 29.5 Å². The summed E-state index contributed by atoms with van der Waals surface area (Å²) in [5.41, 5.74) is 2.76. The molecule has 3 aromatic carbocycles. The molecule has 0 radical (unpaired) electrons. The zero-order valence-corrected chi connectivity index (χ0v) is 25.2. The number of benzene rings is 3. The van der Waals surface area contributed by atoms with E-state index in [1.807, 2.05) is 48.5 Å². The minimum atomic E-state index is -3.53. The number of methoxy groups -OCH3 is 2. The van der Waals surface area contributed by atoms with Crippen molar-refractivity contribution in [2.45, 2.75) is 62.6 Å². The fourth-order valence-electron chi connectivity index (χ4n) is 4.60. The second-order valence-electron chi connectivity index (χ2n) is 10.5. The summed E-state index contributed by atoms with van der Waals surface area (Å²) in [6.45, 7) is 2.43. The fraction of sp³-hybridized carbons (Fsp3) is 0.375. The first kappa shape index (κ1) is 31.1.